The van der Waals surface area contributed by atoms with Crippen molar-refractivity contribution in [1.29, 1.82) is 0 Å². The third-order valence-corrected chi connectivity index (χ3v) is 0.750. The van der Waals surface area contributed by atoms with E-state index < -0.39 is 0 Å². The molecule has 0 aliphatic heterocycles. The molecule has 0 aromatic heterocycles. The van der Waals surface area contributed by atoms with Crippen LogP contribution in [0, 0.1) is 0 Å². The van der Waals surface area contributed by atoms with Crippen LogP contribution in [0.2, 0.25) is 0 Å². The number of hydrogen-bond donors (Lipinski definition) is 0. The molecular formula is C5H12LiNO. The first-order chi connectivity index (χ1) is 3.27. The normalized spacial score (nSPS) is 9.00. The summed E-state index contributed by atoms with van der Waals surface area (Å²) in [5.41, 5.74) is 0. The molecule has 0 N–H and O–H groups in total. The van der Waals surface area contributed by atoms with Crippen LogP contribution in [0.3, 0.4) is 0 Å². The van der Waals surface area contributed by atoms with Gasteiger partial charge in [0.2, 0.25) is 0 Å². The van der Waals surface area contributed by atoms with Gasteiger partial charge in [-0.1, -0.05) is 6.42 Å². The summed E-state index contributed by atoms with van der Waals surface area (Å²) in [4.78, 5) is 2.01. The fourth-order valence-corrected chi connectivity index (χ4v) is 0.381. The smallest absolute Gasteiger partial charge is 0.854 e. The quantitative estimate of drug-likeness (QED) is 0.349. The molecule has 0 radical (unpaired) electrons. The van der Waals surface area contributed by atoms with E-state index in [0.29, 0.717) is 0 Å². The maximum Gasteiger partial charge on any atom is 1.00 e. The minimum absolute atomic E-state index is 0. The molecule has 44 valence electrons. The fraction of sp³-hybridized carbons (Fsp3) is 1.00. The average Bonchev–Trinajstić information content (AvgIpc) is 1.61. The Balaban J connectivity index is 0. The molecule has 2 nitrogen and oxygen atoms in total. The minimum Gasteiger partial charge on any atom is -0.854 e. The second-order valence-corrected chi connectivity index (χ2v) is 1.86. The first kappa shape index (κ1) is 11.3. The van der Waals surface area contributed by atoms with Crippen LogP contribution in [0.1, 0.15) is 6.42 Å². The van der Waals surface area contributed by atoms with Gasteiger partial charge in [0.1, 0.15) is 0 Å². The molecule has 0 aromatic carbocycles. The van der Waals surface area contributed by atoms with E-state index >= 15 is 0 Å². The third kappa shape index (κ3) is 9.72. The fourth-order valence-electron chi connectivity index (χ4n) is 0.381. The molecular weight excluding hydrogens is 97.0 g/mol. The van der Waals surface area contributed by atoms with E-state index in [2.05, 4.69) is 0 Å². The topological polar surface area (TPSA) is 26.3 Å². The van der Waals surface area contributed by atoms with Crippen LogP contribution < -0.4 is 24.0 Å². The summed E-state index contributed by atoms with van der Waals surface area (Å²) in [6.07, 6.45) is 0.771. The molecule has 0 amide bonds. The van der Waals surface area contributed by atoms with Crippen LogP contribution >= 0.6 is 0 Å². The van der Waals surface area contributed by atoms with Crippen molar-refractivity contribution in [3.8, 4) is 0 Å². The van der Waals surface area contributed by atoms with Gasteiger partial charge in [-0.05, 0) is 20.6 Å². The zero-order valence-corrected chi connectivity index (χ0v) is 5.98. The molecule has 0 aromatic rings. The van der Waals surface area contributed by atoms with Crippen LogP contribution in [-0.4, -0.2) is 32.1 Å². The summed E-state index contributed by atoms with van der Waals surface area (Å²) in [6.45, 7) is 0.974. The summed E-state index contributed by atoms with van der Waals surface area (Å²) in [7, 11) is 3.94. The molecule has 0 saturated heterocycles. The summed E-state index contributed by atoms with van der Waals surface area (Å²) >= 11 is 0. The van der Waals surface area contributed by atoms with Crippen molar-refractivity contribution in [2.75, 3.05) is 27.2 Å². The van der Waals surface area contributed by atoms with Crippen LogP contribution in [0.5, 0.6) is 0 Å². The van der Waals surface area contributed by atoms with Gasteiger partial charge in [0.05, 0.1) is 0 Å². The van der Waals surface area contributed by atoms with Gasteiger partial charge in [0.25, 0.3) is 0 Å². The number of rotatable bonds is 3. The van der Waals surface area contributed by atoms with E-state index in [0.717, 1.165) is 13.0 Å². The molecule has 0 rings (SSSR count). The molecule has 0 aliphatic carbocycles. The molecule has 0 unspecified atom stereocenters. The van der Waals surface area contributed by atoms with Crippen LogP contribution in [0.15, 0.2) is 0 Å². The molecule has 0 atom stereocenters. The van der Waals surface area contributed by atoms with Crippen LogP contribution in [-0.2, 0) is 0 Å². The molecule has 3 heteroatoms. The summed E-state index contributed by atoms with van der Waals surface area (Å²) in [5, 5.41) is 9.81. The van der Waals surface area contributed by atoms with Crippen molar-refractivity contribution in [2.45, 2.75) is 6.42 Å². The summed E-state index contributed by atoms with van der Waals surface area (Å²) in [6, 6.07) is 0. The first-order valence-corrected chi connectivity index (χ1v) is 2.50. The van der Waals surface area contributed by atoms with Gasteiger partial charge in [0.15, 0.2) is 0 Å². The van der Waals surface area contributed by atoms with Gasteiger partial charge in [-0.3, -0.25) is 0 Å². The van der Waals surface area contributed by atoms with E-state index in [9.17, 15) is 5.11 Å². The van der Waals surface area contributed by atoms with Crippen molar-refractivity contribution in [3.05, 3.63) is 0 Å². The second-order valence-electron chi connectivity index (χ2n) is 1.86. The van der Waals surface area contributed by atoms with Crippen molar-refractivity contribution >= 4 is 0 Å². The van der Waals surface area contributed by atoms with Crippen molar-refractivity contribution in [2.24, 2.45) is 0 Å². The van der Waals surface area contributed by atoms with Crippen molar-refractivity contribution in [3.63, 3.8) is 0 Å². The summed E-state index contributed by atoms with van der Waals surface area (Å²) in [5.74, 6) is 0. The number of hydrogen-bond acceptors (Lipinski definition) is 2. The van der Waals surface area contributed by atoms with E-state index in [4.69, 9.17) is 0 Å². The maximum atomic E-state index is 9.81. The van der Waals surface area contributed by atoms with Gasteiger partial charge >= 0.3 is 18.9 Å². The van der Waals surface area contributed by atoms with E-state index in [1.54, 1.807) is 0 Å². The Morgan fingerprint density at radius 1 is 1.38 bits per heavy atom. The first-order valence-electron chi connectivity index (χ1n) is 2.50. The minimum atomic E-state index is 0. The monoisotopic (exact) mass is 109 g/mol. The molecule has 0 saturated carbocycles. The average molecular weight is 109 g/mol. The van der Waals surface area contributed by atoms with Crippen molar-refractivity contribution in [1.82, 2.24) is 4.90 Å². The van der Waals surface area contributed by atoms with Gasteiger partial charge < -0.3 is 10.0 Å². The third-order valence-electron chi connectivity index (χ3n) is 0.750. The second kappa shape index (κ2) is 7.52. The van der Waals surface area contributed by atoms with Gasteiger partial charge in [-0.25, -0.2) is 0 Å². The van der Waals surface area contributed by atoms with Crippen LogP contribution in [0.25, 0.3) is 0 Å². The van der Waals surface area contributed by atoms with E-state index in [-0.39, 0.29) is 25.5 Å². The van der Waals surface area contributed by atoms with E-state index in [1.165, 1.54) is 0 Å². The number of nitrogens with zero attached hydrogens (tertiary/aromatic N) is 1. The molecule has 0 spiro atoms. The predicted octanol–water partition coefficient (Wildman–Crippen LogP) is -3.70. The zero-order valence-electron chi connectivity index (χ0n) is 5.98. The SMILES string of the molecule is CN(C)CCC[O-].[Li+]. The summed E-state index contributed by atoms with van der Waals surface area (Å²) < 4.78 is 0. The molecule has 0 fully saturated rings. The Morgan fingerprint density at radius 3 is 2.00 bits per heavy atom. The van der Waals surface area contributed by atoms with Gasteiger partial charge in [0, 0.05) is 0 Å². The Morgan fingerprint density at radius 2 is 1.88 bits per heavy atom. The largest absolute Gasteiger partial charge is 1.00 e. The van der Waals surface area contributed by atoms with Crippen molar-refractivity contribution < 1.29 is 24.0 Å². The van der Waals surface area contributed by atoms with E-state index in [1.807, 2.05) is 19.0 Å². The zero-order chi connectivity index (χ0) is 5.70. The molecule has 0 heterocycles. The standard InChI is InChI=1S/C5H12NO.Li/c1-6(2)4-3-5-7;/h3-5H2,1-2H3;/q-1;+1. The predicted molar refractivity (Wildman–Crippen MR) is 28.0 cm³/mol. The van der Waals surface area contributed by atoms with Crippen LogP contribution in [0.4, 0.5) is 0 Å². The van der Waals surface area contributed by atoms with Gasteiger partial charge in [-0.2, -0.15) is 0 Å². The Bertz CT molecular complexity index is 41.4. The molecule has 8 heavy (non-hydrogen) atoms. The molecule has 0 bridgehead atoms. The Hall–Kier alpha value is 0.517. The molecule has 0 aliphatic rings. The van der Waals surface area contributed by atoms with Gasteiger partial charge in [-0.15, -0.1) is 6.61 Å². The Labute approximate surface area is 63.1 Å². The maximum absolute atomic E-state index is 9.81. The Kier molecular flexibility index (Phi) is 10.6.